The van der Waals surface area contributed by atoms with E-state index in [2.05, 4.69) is 66.2 Å². The Labute approximate surface area is 209 Å². The lowest BCUT2D eigenvalue weighted by Gasteiger charge is -2.36. The van der Waals surface area contributed by atoms with E-state index in [9.17, 15) is 0 Å². The lowest BCUT2D eigenvalue weighted by molar-refractivity contribution is 0.176. The molecule has 0 saturated carbocycles. The highest BCUT2D eigenvalue weighted by Crippen LogP contribution is 2.18. The third-order valence-corrected chi connectivity index (χ3v) is 6.25. The molecule has 2 aliphatic rings. The van der Waals surface area contributed by atoms with Crippen LogP contribution in [0, 0.1) is 5.92 Å². The summed E-state index contributed by atoms with van der Waals surface area (Å²) >= 11 is 0. The SMILES string of the molecule is CN=C(NCc1ccc(CN2CCCC(C)C2)cc1)N1CCN(c2ncccn2)CC1.I. The number of aromatic nitrogens is 2. The maximum Gasteiger partial charge on any atom is 0.225 e. The quantitative estimate of drug-likeness (QED) is 0.351. The van der Waals surface area contributed by atoms with Gasteiger partial charge in [-0.05, 0) is 42.5 Å². The van der Waals surface area contributed by atoms with Gasteiger partial charge >= 0.3 is 0 Å². The van der Waals surface area contributed by atoms with Gasteiger partial charge in [0.15, 0.2) is 5.96 Å². The highest BCUT2D eigenvalue weighted by molar-refractivity contribution is 14.0. The Bertz CT molecular complexity index is 835. The fourth-order valence-electron chi connectivity index (χ4n) is 4.54. The van der Waals surface area contributed by atoms with Crippen molar-refractivity contribution in [2.45, 2.75) is 32.9 Å². The zero-order chi connectivity index (χ0) is 21.5. The Kier molecular flexibility index (Phi) is 9.52. The average Bonchev–Trinajstić information content (AvgIpc) is 2.81. The van der Waals surface area contributed by atoms with Crippen LogP contribution < -0.4 is 10.2 Å². The van der Waals surface area contributed by atoms with Gasteiger partial charge < -0.3 is 15.1 Å². The minimum absolute atomic E-state index is 0. The van der Waals surface area contributed by atoms with Gasteiger partial charge in [-0.2, -0.15) is 0 Å². The van der Waals surface area contributed by atoms with Crippen molar-refractivity contribution in [2.75, 3.05) is 51.2 Å². The summed E-state index contributed by atoms with van der Waals surface area (Å²) in [6.07, 6.45) is 6.30. The molecule has 8 heteroatoms. The van der Waals surface area contributed by atoms with E-state index in [1.807, 2.05) is 13.1 Å². The number of hydrogen-bond donors (Lipinski definition) is 1. The molecule has 3 heterocycles. The second-order valence-electron chi connectivity index (χ2n) is 8.72. The zero-order valence-corrected chi connectivity index (χ0v) is 21.6. The normalized spacial score (nSPS) is 20.1. The van der Waals surface area contributed by atoms with Crippen molar-refractivity contribution in [3.63, 3.8) is 0 Å². The van der Waals surface area contributed by atoms with Gasteiger partial charge in [-0.3, -0.25) is 9.89 Å². The Balaban J connectivity index is 0.00000289. The minimum atomic E-state index is 0. The molecule has 2 fully saturated rings. The number of rotatable bonds is 5. The molecule has 2 aromatic rings. The molecule has 174 valence electrons. The van der Waals surface area contributed by atoms with Gasteiger partial charge in [-0.15, -0.1) is 24.0 Å². The molecule has 0 amide bonds. The average molecular weight is 550 g/mol. The largest absolute Gasteiger partial charge is 0.352 e. The van der Waals surface area contributed by atoms with Crippen molar-refractivity contribution in [3.05, 3.63) is 53.9 Å². The summed E-state index contributed by atoms with van der Waals surface area (Å²) in [5.41, 5.74) is 2.69. The van der Waals surface area contributed by atoms with Crippen molar-refractivity contribution in [1.29, 1.82) is 0 Å². The number of aliphatic imine (C=N–C) groups is 1. The monoisotopic (exact) mass is 549 g/mol. The van der Waals surface area contributed by atoms with Crippen LogP contribution in [-0.2, 0) is 13.1 Å². The van der Waals surface area contributed by atoms with Crippen molar-refractivity contribution in [1.82, 2.24) is 25.1 Å². The van der Waals surface area contributed by atoms with Gasteiger partial charge in [0.2, 0.25) is 5.95 Å². The summed E-state index contributed by atoms with van der Waals surface area (Å²) in [5, 5.41) is 3.53. The number of anilines is 1. The first-order chi connectivity index (χ1) is 15.2. The third kappa shape index (κ3) is 6.78. The first-order valence-corrected chi connectivity index (χ1v) is 11.5. The Morgan fingerprint density at radius 2 is 1.72 bits per heavy atom. The number of piperazine rings is 1. The Morgan fingerprint density at radius 3 is 2.38 bits per heavy atom. The second-order valence-corrected chi connectivity index (χ2v) is 8.72. The van der Waals surface area contributed by atoms with Gasteiger partial charge in [-0.25, -0.2) is 9.97 Å². The molecule has 0 radical (unpaired) electrons. The smallest absolute Gasteiger partial charge is 0.225 e. The predicted molar refractivity (Wildman–Crippen MR) is 142 cm³/mol. The fourth-order valence-corrected chi connectivity index (χ4v) is 4.54. The van der Waals surface area contributed by atoms with Crippen LogP contribution in [0.4, 0.5) is 5.95 Å². The van der Waals surface area contributed by atoms with Crippen LogP contribution in [0.2, 0.25) is 0 Å². The maximum atomic E-state index is 4.50. The van der Waals surface area contributed by atoms with Crippen LogP contribution in [0.25, 0.3) is 0 Å². The molecule has 4 rings (SSSR count). The summed E-state index contributed by atoms with van der Waals surface area (Å²) < 4.78 is 0. The van der Waals surface area contributed by atoms with E-state index in [0.29, 0.717) is 0 Å². The molecule has 2 aliphatic heterocycles. The van der Waals surface area contributed by atoms with E-state index in [-0.39, 0.29) is 24.0 Å². The van der Waals surface area contributed by atoms with E-state index in [0.717, 1.165) is 57.1 Å². The van der Waals surface area contributed by atoms with Crippen LogP contribution in [0.5, 0.6) is 0 Å². The van der Waals surface area contributed by atoms with Crippen molar-refractivity contribution >= 4 is 35.9 Å². The van der Waals surface area contributed by atoms with E-state index >= 15 is 0 Å². The number of hydrogen-bond acceptors (Lipinski definition) is 5. The van der Waals surface area contributed by atoms with Crippen LogP contribution in [0.1, 0.15) is 30.9 Å². The van der Waals surface area contributed by atoms with Gasteiger partial charge in [-0.1, -0.05) is 31.2 Å². The molecule has 1 unspecified atom stereocenters. The number of likely N-dealkylation sites (tertiary alicyclic amines) is 1. The van der Waals surface area contributed by atoms with Crippen LogP contribution in [-0.4, -0.2) is 72.0 Å². The number of nitrogens with zero attached hydrogens (tertiary/aromatic N) is 6. The van der Waals surface area contributed by atoms with Gasteiger partial charge in [0.1, 0.15) is 0 Å². The number of nitrogens with one attached hydrogen (secondary N) is 1. The van der Waals surface area contributed by atoms with Gasteiger partial charge in [0, 0.05) is 65.3 Å². The lowest BCUT2D eigenvalue weighted by Crippen LogP contribution is -2.52. The lowest BCUT2D eigenvalue weighted by atomic mass is 9.99. The molecule has 1 atom stereocenters. The molecule has 0 aliphatic carbocycles. The van der Waals surface area contributed by atoms with E-state index < -0.39 is 0 Å². The maximum absolute atomic E-state index is 4.50. The standard InChI is InChI=1S/C24H35N7.HI/c1-20-5-3-12-29(18-20)19-22-8-6-21(7-9-22)17-28-23(25-2)30-13-15-31(16-14-30)24-26-10-4-11-27-24;/h4,6-11,20H,3,5,12-19H2,1-2H3,(H,25,28);1H. The third-order valence-electron chi connectivity index (χ3n) is 6.25. The number of guanidine groups is 1. The Morgan fingerprint density at radius 1 is 1.03 bits per heavy atom. The van der Waals surface area contributed by atoms with Crippen LogP contribution in [0.15, 0.2) is 47.7 Å². The molecular weight excluding hydrogens is 513 g/mol. The van der Waals surface area contributed by atoms with Crippen molar-refractivity contribution in [3.8, 4) is 0 Å². The first kappa shape index (κ1) is 24.7. The topological polar surface area (TPSA) is 59.9 Å². The number of benzene rings is 1. The fraction of sp³-hybridized carbons (Fsp3) is 0.542. The summed E-state index contributed by atoms with van der Waals surface area (Å²) in [7, 11) is 1.86. The molecule has 2 saturated heterocycles. The van der Waals surface area contributed by atoms with Crippen molar-refractivity contribution in [2.24, 2.45) is 10.9 Å². The van der Waals surface area contributed by atoms with Gasteiger partial charge in [0.05, 0.1) is 0 Å². The molecular formula is C24H36IN7. The molecule has 1 N–H and O–H groups in total. The highest BCUT2D eigenvalue weighted by Gasteiger charge is 2.21. The van der Waals surface area contributed by atoms with Crippen LogP contribution >= 0.6 is 24.0 Å². The number of piperidine rings is 1. The summed E-state index contributed by atoms with van der Waals surface area (Å²) in [6.45, 7) is 10.3. The molecule has 0 spiro atoms. The van der Waals surface area contributed by atoms with Crippen LogP contribution in [0.3, 0.4) is 0 Å². The van der Waals surface area contributed by atoms with E-state index in [4.69, 9.17) is 0 Å². The second kappa shape index (κ2) is 12.3. The van der Waals surface area contributed by atoms with Crippen molar-refractivity contribution < 1.29 is 0 Å². The highest BCUT2D eigenvalue weighted by atomic mass is 127. The summed E-state index contributed by atoms with van der Waals surface area (Å²) in [5.74, 6) is 2.59. The Hall–Kier alpha value is -1.94. The first-order valence-electron chi connectivity index (χ1n) is 11.5. The summed E-state index contributed by atoms with van der Waals surface area (Å²) in [4.78, 5) is 20.4. The molecule has 1 aromatic heterocycles. The molecule has 32 heavy (non-hydrogen) atoms. The van der Waals surface area contributed by atoms with Gasteiger partial charge in [0.25, 0.3) is 0 Å². The minimum Gasteiger partial charge on any atom is -0.352 e. The van der Waals surface area contributed by atoms with E-state index in [1.54, 1.807) is 12.4 Å². The molecule has 0 bridgehead atoms. The molecule has 1 aromatic carbocycles. The summed E-state index contributed by atoms with van der Waals surface area (Å²) in [6, 6.07) is 10.9. The zero-order valence-electron chi connectivity index (χ0n) is 19.3. The predicted octanol–water partition coefficient (Wildman–Crippen LogP) is 3.22. The molecule has 7 nitrogen and oxygen atoms in total. The van der Waals surface area contributed by atoms with E-state index in [1.165, 1.54) is 37.1 Å². The number of halogens is 1.